The van der Waals surface area contributed by atoms with Gasteiger partial charge in [0.2, 0.25) is 5.88 Å². The zero-order chi connectivity index (χ0) is 12.3. The molecule has 1 aromatic heterocycles. The Bertz CT molecular complexity index is 497. The molecule has 2 rings (SSSR count). The lowest BCUT2D eigenvalue weighted by atomic mass is 10.2. The average molecular weight is 250 g/mol. The maximum absolute atomic E-state index is 9.59. The molecular weight excluding hydrogens is 238 g/mol. The molecule has 0 aliphatic carbocycles. The van der Waals surface area contributed by atoms with Gasteiger partial charge in [0.25, 0.3) is 0 Å². The second-order valence-corrected chi connectivity index (χ2v) is 4.07. The quantitative estimate of drug-likeness (QED) is 0.904. The molecule has 0 saturated carbocycles. The van der Waals surface area contributed by atoms with Crippen molar-refractivity contribution in [1.29, 1.82) is 0 Å². The van der Waals surface area contributed by atoms with Crippen molar-refractivity contribution in [1.82, 2.24) is 4.98 Å². The van der Waals surface area contributed by atoms with Gasteiger partial charge in [-0.2, -0.15) is 0 Å². The van der Waals surface area contributed by atoms with Crippen molar-refractivity contribution in [2.75, 3.05) is 0 Å². The molecule has 0 amide bonds. The Balaban J connectivity index is 2.26. The van der Waals surface area contributed by atoms with Crippen LogP contribution in [-0.2, 0) is 0 Å². The monoisotopic (exact) mass is 249 g/mol. The van der Waals surface area contributed by atoms with Gasteiger partial charge in [0, 0.05) is 16.8 Å². The number of ether oxygens (including phenoxy) is 1. The number of halogens is 1. The number of hydrogen-bond donors (Lipinski definition) is 1. The van der Waals surface area contributed by atoms with Gasteiger partial charge in [-0.05, 0) is 43.3 Å². The van der Waals surface area contributed by atoms with Crippen LogP contribution in [0, 0.1) is 0 Å². The smallest absolute Gasteiger partial charge is 0.225 e. The number of hydrogen-bond acceptors (Lipinski definition) is 3. The Kier molecular flexibility index (Phi) is 3.61. The first-order valence-electron chi connectivity index (χ1n) is 5.23. The van der Waals surface area contributed by atoms with E-state index < -0.39 is 6.10 Å². The lowest BCUT2D eigenvalue weighted by Gasteiger charge is -2.11. The molecule has 0 spiro atoms. The fourth-order valence-corrected chi connectivity index (χ4v) is 1.55. The van der Waals surface area contributed by atoms with Crippen molar-refractivity contribution in [2.45, 2.75) is 13.0 Å². The summed E-state index contributed by atoms with van der Waals surface area (Å²) in [6.45, 7) is 1.67. The highest BCUT2D eigenvalue weighted by Gasteiger charge is 2.10. The SMILES string of the molecule is C[C@@H](O)c1cccnc1Oc1ccc(Cl)cc1. The third kappa shape index (κ3) is 2.96. The van der Waals surface area contributed by atoms with E-state index in [9.17, 15) is 5.11 Å². The highest BCUT2D eigenvalue weighted by atomic mass is 35.5. The van der Waals surface area contributed by atoms with Crippen LogP contribution >= 0.6 is 11.6 Å². The number of nitrogens with zero attached hydrogens (tertiary/aromatic N) is 1. The van der Waals surface area contributed by atoms with Crippen LogP contribution in [0.3, 0.4) is 0 Å². The van der Waals surface area contributed by atoms with Crippen molar-refractivity contribution in [3.8, 4) is 11.6 Å². The zero-order valence-corrected chi connectivity index (χ0v) is 10.1. The van der Waals surface area contributed by atoms with Gasteiger partial charge in [-0.25, -0.2) is 4.98 Å². The number of aliphatic hydroxyl groups is 1. The predicted octanol–water partition coefficient (Wildman–Crippen LogP) is 3.58. The first-order chi connectivity index (χ1) is 8.16. The van der Waals surface area contributed by atoms with E-state index in [4.69, 9.17) is 16.3 Å². The maximum atomic E-state index is 9.59. The van der Waals surface area contributed by atoms with Crippen molar-refractivity contribution < 1.29 is 9.84 Å². The zero-order valence-electron chi connectivity index (χ0n) is 9.30. The Hall–Kier alpha value is -1.58. The molecule has 4 heteroatoms. The largest absolute Gasteiger partial charge is 0.439 e. The summed E-state index contributed by atoms with van der Waals surface area (Å²) in [4.78, 5) is 4.10. The van der Waals surface area contributed by atoms with E-state index in [0.717, 1.165) is 0 Å². The van der Waals surface area contributed by atoms with Crippen molar-refractivity contribution in [3.05, 3.63) is 53.2 Å². The normalized spacial score (nSPS) is 12.2. The van der Waals surface area contributed by atoms with E-state index in [1.807, 2.05) is 0 Å². The number of aromatic nitrogens is 1. The van der Waals surface area contributed by atoms with E-state index >= 15 is 0 Å². The molecule has 0 fully saturated rings. The molecule has 1 heterocycles. The number of pyridine rings is 1. The molecule has 1 atom stereocenters. The van der Waals surface area contributed by atoms with Gasteiger partial charge in [-0.1, -0.05) is 11.6 Å². The van der Waals surface area contributed by atoms with E-state index in [2.05, 4.69) is 4.98 Å². The second-order valence-electron chi connectivity index (χ2n) is 3.63. The fourth-order valence-electron chi connectivity index (χ4n) is 1.42. The van der Waals surface area contributed by atoms with Crippen LogP contribution in [0.25, 0.3) is 0 Å². The number of benzene rings is 1. The molecule has 1 N–H and O–H groups in total. The van der Waals surface area contributed by atoms with Crippen LogP contribution in [0.5, 0.6) is 11.6 Å². The Morgan fingerprint density at radius 2 is 1.94 bits per heavy atom. The minimum Gasteiger partial charge on any atom is -0.439 e. The summed E-state index contributed by atoms with van der Waals surface area (Å²) < 4.78 is 5.60. The molecule has 0 bridgehead atoms. The molecule has 0 saturated heterocycles. The van der Waals surface area contributed by atoms with Crippen LogP contribution < -0.4 is 4.74 Å². The molecule has 1 aromatic carbocycles. The van der Waals surface area contributed by atoms with Crippen LogP contribution in [0.4, 0.5) is 0 Å². The van der Waals surface area contributed by atoms with Crippen LogP contribution in [0.1, 0.15) is 18.6 Å². The summed E-state index contributed by atoms with van der Waals surface area (Å²) >= 11 is 5.79. The molecule has 0 aliphatic rings. The van der Waals surface area contributed by atoms with Gasteiger partial charge in [0.1, 0.15) is 5.75 Å². The molecule has 2 aromatic rings. The lowest BCUT2D eigenvalue weighted by molar-refractivity contribution is 0.194. The molecule has 0 unspecified atom stereocenters. The third-order valence-corrected chi connectivity index (χ3v) is 2.53. The highest BCUT2D eigenvalue weighted by molar-refractivity contribution is 6.30. The van der Waals surface area contributed by atoms with Crippen LogP contribution in [0.2, 0.25) is 5.02 Å². The Morgan fingerprint density at radius 3 is 2.59 bits per heavy atom. The van der Waals surface area contributed by atoms with Crippen LogP contribution in [-0.4, -0.2) is 10.1 Å². The van der Waals surface area contributed by atoms with E-state index in [1.165, 1.54) is 0 Å². The molecule has 17 heavy (non-hydrogen) atoms. The molecule has 0 aliphatic heterocycles. The number of rotatable bonds is 3. The van der Waals surface area contributed by atoms with Crippen LogP contribution in [0.15, 0.2) is 42.6 Å². The highest BCUT2D eigenvalue weighted by Crippen LogP contribution is 2.27. The fraction of sp³-hybridized carbons (Fsp3) is 0.154. The maximum Gasteiger partial charge on any atom is 0.225 e. The summed E-state index contributed by atoms with van der Waals surface area (Å²) in [6.07, 6.45) is 1.00. The summed E-state index contributed by atoms with van der Waals surface area (Å²) in [5.74, 6) is 1.04. The lowest BCUT2D eigenvalue weighted by Crippen LogP contribution is -1.97. The van der Waals surface area contributed by atoms with Gasteiger partial charge in [0.05, 0.1) is 6.10 Å². The topological polar surface area (TPSA) is 42.4 Å². The predicted molar refractivity (Wildman–Crippen MR) is 66.4 cm³/mol. The first kappa shape index (κ1) is 11.9. The van der Waals surface area contributed by atoms with Crippen molar-refractivity contribution >= 4 is 11.6 Å². The summed E-state index contributed by atoms with van der Waals surface area (Å²) in [6, 6.07) is 10.5. The van der Waals surface area contributed by atoms with E-state index in [1.54, 1.807) is 49.5 Å². The Labute approximate surface area is 105 Å². The summed E-state index contributed by atoms with van der Waals surface area (Å²) in [5, 5.41) is 10.2. The minimum atomic E-state index is -0.619. The molecule has 3 nitrogen and oxygen atoms in total. The summed E-state index contributed by atoms with van der Waals surface area (Å²) in [7, 11) is 0. The van der Waals surface area contributed by atoms with Crippen molar-refractivity contribution in [2.24, 2.45) is 0 Å². The van der Waals surface area contributed by atoms with Gasteiger partial charge in [-0.3, -0.25) is 0 Å². The first-order valence-corrected chi connectivity index (χ1v) is 5.61. The molecule has 88 valence electrons. The van der Waals surface area contributed by atoms with Gasteiger partial charge < -0.3 is 9.84 Å². The minimum absolute atomic E-state index is 0.407. The van der Waals surface area contributed by atoms with Crippen molar-refractivity contribution in [3.63, 3.8) is 0 Å². The van der Waals surface area contributed by atoms with E-state index in [-0.39, 0.29) is 0 Å². The molecule has 0 radical (unpaired) electrons. The van der Waals surface area contributed by atoms with Gasteiger partial charge in [0.15, 0.2) is 0 Å². The standard InChI is InChI=1S/C13H12ClNO2/c1-9(16)12-3-2-8-15-13(12)17-11-6-4-10(14)5-7-11/h2-9,16H,1H3/t9-/m1/s1. The number of aliphatic hydroxyl groups excluding tert-OH is 1. The summed E-state index contributed by atoms with van der Waals surface area (Å²) in [5.41, 5.74) is 0.655. The Morgan fingerprint density at radius 1 is 1.24 bits per heavy atom. The van der Waals surface area contributed by atoms with E-state index in [0.29, 0.717) is 22.2 Å². The molecular formula is C13H12ClNO2. The average Bonchev–Trinajstić information content (AvgIpc) is 2.32. The van der Waals surface area contributed by atoms with Gasteiger partial charge in [-0.15, -0.1) is 0 Å². The second kappa shape index (κ2) is 5.17. The third-order valence-electron chi connectivity index (χ3n) is 2.28. The van der Waals surface area contributed by atoms with Gasteiger partial charge >= 0.3 is 0 Å².